The van der Waals surface area contributed by atoms with Crippen molar-refractivity contribution in [2.24, 2.45) is 0 Å². The molecule has 1 saturated heterocycles. The summed E-state index contributed by atoms with van der Waals surface area (Å²) in [5.74, 6) is -1.21. The highest BCUT2D eigenvalue weighted by Crippen LogP contribution is 2.34. The molecule has 1 amide bonds. The standard InChI is InChI=1S/C17H15ClFN5O3S3/c18-13-4-5-14(28-13)30(26,27)24-15(25)11-2-1-3-12(21-11)17-23-22-16(29-17)9-6-10(19)8-20-7-9/h1-8,12,16-17,21-23H,(H,24,25). The van der Waals surface area contributed by atoms with Gasteiger partial charge in [-0.25, -0.2) is 28.4 Å². The molecule has 0 aromatic carbocycles. The number of thiophene rings is 1. The minimum atomic E-state index is -4.02. The molecule has 3 atom stereocenters. The summed E-state index contributed by atoms with van der Waals surface area (Å²) in [5, 5.41) is 2.57. The number of carbonyl (C=O) groups is 1. The third kappa shape index (κ3) is 4.68. The van der Waals surface area contributed by atoms with E-state index >= 15 is 0 Å². The first-order valence-electron chi connectivity index (χ1n) is 8.56. The van der Waals surface area contributed by atoms with Gasteiger partial charge in [0.15, 0.2) is 0 Å². The second-order valence-corrected chi connectivity index (χ2v) is 11.2. The number of nitrogens with one attached hydrogen (secondary N) is 4. The van der Waals surface area contributed by atoms with Gasteiger partial charge in [-0.15, -0.1) is 23.1 Å². The summed E-state index contributed by atoms with van der Waals surface area (Å²) < 4.78 is 40.4. The molecule has 8 nitrogen and oxygen atoms in total. The lowest BCUT2D eigenvalue weighted by molar-refractivity contribution is -0.116. The topological polar surface area (TPSA) is 112 Å². The van der Waals surface area contributed by atoms with Crippen LogP contribution in [0.15, 0.2) is 58.7 Å². The average molecular weight is 488 g/mol. The SMILES string of the molecule is O=C(NS(=O)(=O)c1ccc(Cl)s1)C1=CC=CC(C2NNC(c3cncc(F)c3)S2)N1. The summed E-state index contributed by atoms with van der Waals surface area (Å²) in [5.41, 5.74) is 6.92. The van der Waals surface area contributed by atoms with Crippen molar-refractivity contribution in [1.29, 1.82) is 0 Å². The maximum absolute atomic E-state index is 13.4. The molecule has 0 radical (unpaired) electrons. The summed E-state index contributed by atoms with van der Waals surface area (Å²) in [6.07, 6.45) is 7.70. The first-order chi connectivity index (χ1) is 14.3. The lowest BCUT2D eigenvalue weighted by atomic mass is 10.1. The van der Waals surface area contributed by atoms with Crippen LogP contribution < -0.4 is 20.9 Å². The number of amides is 1. The van der Waals surface area contributed by atoms with E-state index in [0.717, 1.165) is 17.5 Å². The van der Waals surface area contributed by atoms with Gasteiger partial charge in [-0.3, -0.25) is 9.78 Å². The Morgan fingerprint density at radius 3 is 2.83 bits per heavy atom. The van der Waals surface area contributed by atoms with Gasteiger partial charge in [0.05, 0.1) is 27.3 Å². The molecular formula is C17H15ClFN5O3S3. The van der Waals surface area contributed by atoms with Crippen LogP contribution in [0.25, 0.3) is 0 Å². The fourth-order valence-corrected chi connectivity index (χ4v) is 6.44. The molecule has 2 aliphatic heterocycles. The number of sulfonamides is 1. The zero-order chi connectivity index (χ0) is 21.3. The molecule has 13 heteroatoms. The van der Waals surface area contributed by atoms with Gasteiger partial charge in [0, 0.05) is 11.8 Å². The van der Waals surface area contributed by atoms with Gasteiger partial charge in [0.25, 0.3) is 15.9 Å². The Hall–Kier alpha value is -1.96. The van der Waals surface area contributed by atoms with Crippen LogP contribution >= 0.6 is 34.7 Å². The Labute approximate surface area is 185 Å². The van der Waals surface area contributed by atoms with Crippen molar-refractivity contribution in [3.05, 3.63) is 70.2 Å². The molecule has 2 aromatic heterocycles. The van der Waals surface area contributed by atoms with E-state index in [9.17, 15) is 17.6 Å². The van der Waals surface area contributed by atoms with Crippen LogP contribution in [-0.4, -0.2) is 30.7 Å². The highest BCUT2D eigenvalue weighted by molar-refractivity contribution is 8.00. The number of allylic oxidation sites excluding steroid dienone is 2. The predicted octanol–water partition coefficient (Wildman–Crippen LogP) is 2.02. The molecule has 30 heavy (non-hydrogen) atoms. The number of thioether (sulfide) groups is 1. The van der Waals surface area contributed by atoms with Crippen molar-refractivity contribution in [1.82, 2.24) is 25.9 Å². The van der Waals surface area contributed by atoms with Gasteiger partial charge in [-0.2, -0.15) is 0 Å². The van der Waals surface area contributed by atoms with Gasteiger partial charge < -0.3 is 5.32 Å². The lowest BCUT2D eigenvalue weighted by Crippen LogP contribution is -2.48. The number of nitrogens with zero attached hydrogens (tertiary/aromatic N) is 1. The molecule has 2 aliphatic rings. The number of halogens is 2. The van der Waals surface area contributed by atoms with Crippen LogP contribution in [0.3, 0.4) is 0 Å². The predicted molar refractivity (Wildman–Crippen MR) is 113 cm³/mol. The number of rotatable bonds is 5. The van der Waals surface area contributed by atoms with Crippen LogP contribution in [0.4, 0.5) is 4.39 Å². The van der Waals surface area contributed by atoms with Gasteiger partial charge >= 0.3 is 0 Å². The highest BCUT2D eigenvalue weighted by atomic mass is 35.5. The minimum Gasteiger partial charge on any atom is -0.372 e. The van der Waals surface area contributed by atoms with Crippen molar-refractivity contribution in [2.75, 3.05) is 0 Å². The summed E-state index contributed by atoms with van der Waals surface area (Å²) in [6, 6.07) is 3.86. The molecular weight excluding hydrogens is 473 g/mol. The van der Waals surface area contributed by atoms with E-state index in [1.165, 1.54) is 36.0 Å². The van der Waals surface area contributed by atoms with E-state index in [-0.39, 0.29) is 26.7 Å². The Kier molecular flexibility index (Phi) is 6.14. The fourth-order valence-electron chi connectivity index (χ4n) is 2.82. The smallest absolute Gasteiger partial charge is 0.281 e. The molecule has 1 fully saturated rings. The van der Waals surface area contributed by atoms with E-state index < -0.39 is 21.7 Å². The Balaban J connectivity index is 1.39. The number of hydrogen-bond acceptors (Lipinski definition) is 9. The van der Waals surface area contributed by atoms with Gasteiger partial charge in [0.2, 0.25) is 0 Å². The largest absolute Gasteiger partial charge is 0.372 e. The van der Waals surface area contributed by atoms with E-state index in [0.29, 0.717) is 9.90 Å². The Morgan fingerprint density at radius 1 is 1.27 bits per heavy atom. The molecule has 4 heterocycles. The van der Waals surface area contributed by atoms with Crippen molar-refractivity contribution in [3.8, 4) is 0 Å². The van der Waals surface area contributed by atoms with Crippen LogP contribution in [-0.2, 0) is 14.8 Å². The first-order valence-corrected chi connectivity index (χ1v) is 12.2. The maximum Gasteiger partial charge on any atom is 0.281 e. The molecule has 3 unspecified atom stereocenters. The van der Waals surface area contributed by atoms with E-state index in [1.807, 2.05) is 10.8 Å². The summed E-state index contributed by atoms with van der Waals surface area (Å²) >= 11 is 8.11. The second kappa shape index (κ2) is 8.65. The molecule has 0 aliphatic carbocycles. The Bertz CT molecular complexity index is 1140. The van der Waals surface area contributed by atoms with Crippen LogP contribution in [0.1, 0.15) is 10.9 Å². The molecule has 0 saturated carbocycles. The van der Waals surface area contributed by atoms with E-state index in [2.05, 4.69) is 21.2 Å². The van der Waals surface area contributed by atoms with Crippen LogP contribution in [0.5, 0.6) is 0 Å². The first kappa shape index (κ1) is 21.3. The van der Waals surface area contributed by atoms with Gasteiger partial charge in [-0.1, -0.05) is 23.8 Å². The maximum atomic E-state index is 13.4. The molecule has 0 bridgehead atoms. The van der Waals surface area contributed by atoms with Crippen molar-refractivity contribution in [2.45, 2.75) is 21.0 Å². The molecule has 4 rings (SSSR count). The van der Waals surface area contributed by atoms with Crippen LogP contribution in [0, 0.1) is 5.82 Å². The Morgan fingerprint density at radius 2 is 2.10 bits per heavy atom. The number of aromatic nitrogens is 1. The average Bonchev–Trinajstić information content (AvgIpc) is 3.37. The summed E-state index contributed by atoms with van der Waals surface area (Å²) in [7, 11) is -4.02. The number of carbonyl (C=O) groups excluding carboxylic acids is 1. The fraction of sp³-hybridized carbons (Fsp3) is 0.176. The molecule has 158 valence electrons. The number of dihydropyridines is 1. The number of hydrogen-bond donors (Lipinski definition) is 4. The number of pyridine rings is 1. The zero-order valence-corrected chi connectivity index (χ0v) is 18.2. The van der Waals surface area contributed by atoms with Crippen molar-refractivity contribution >= 4 is 50.6 Å². The van der Waals surface area contributed by atoms with Gasteiger partial charge in [-0.05, 0) is 24.3 Å². The third-order valence-corrected chi connectivity index (χ3v) is 8.60. The van der Waals surface area contributed by atoms with Gasteiger partial charge in [0.1, 0.15) is 15.7 Å². The highest BCUT2D eigenvalue weighted by Gasteiger charge is 2.33. The quantitative estimate of drug-likeness (QED) is 0.507. The normalized spacial score (nSPS) is 23.7. The molecule has 2 aromatic rings. The summed E-state index contributed by atoms with van der Waals surface area (Å²) in [6.45, 7) is 0. The minimum absolute atomic E-state index is 0.0480. The van der Waals surface area contributed by atoms with Crippen molar-refractivity contribution < 1.29 is 17.6 Å². The monoisotopic (exact) mass is 487 g/mol. The zero-order valence-electron chi connectivity index (χ0n) is 15.0. The van der Waals surface area contributed by atoms with Crippen LogP contribution in [0.2, 0.25) is 4.34 Å². The van der Waals surface area contributed by atoms with Crippen molar-refractivity contribution in [3.63, 3.8) is 0 Å². The molecule has 4 N–H and O–H groups in total. The van der Waals surface area contributed by atoms with E-state index in [4.69, 9.17) is 11.6 Å². The third-order valence-electron chi connectivity index (χ3n) is 4.18. The molecule has 0 spiro atoms. The van der Waals surface area contributed by atoms with E-state index in [1.54, 1.807) is 12.3 Å². The number of hydrazine groups is 1. The summed E-state index contributed by atoms with van der Waals surface area (Å²) in [4.78, 5) is 16.4. The second-order valence-electron chi connectivity index (χ2n) is 6.29. The lowest BCUT2D eigenvalue weighted by Gasteiger charge is -2.25.